The maximum Gasteiger partial charge on any atom is 0.326 e. The van der Waals surface area contributed by atoms with E-state index in [1.54, 1.807) is 12.1 Å². The Balaban J connectivity index is 2.63. The Hall–Kier alpha value is -2.20. The highest BCUT2D eigenvalue weighted by Crippen LogP contribution is 2.11. The van der Waals surface area contributed by atoms with Crippen LogP contribution >= 0.6 is 0 Å². The third-order valence-corrected chi connectivity index (χ3v) is 3.54. The van der Waals surface area contributed by atoms with Gasteiger partial charge in [-0.2, -0.15) is 0 Å². The molecule has 1 aromatic rings. The lowest BCUT2D eigenvalue weighted by Crippen LogP contribution is -2.58. The number of rotatable bonds is 10. The zero-order valence-corrected chi connectivity index (χ0v) is 13.0. The standard InChI is InChI=1S/C15H22N2O7/c18-7-15(8-19,9-20)16-6-13(22)17-12(14(23)24)5-10-1-3-11(21)4-2-10/h1-4,12,16,18-21H,5-9H2,(H,17,22)(H,23,24)/t12-/m0/s1. The molecule has 0 radical (unpaired) electrons. The quantitative estimate of drug-likeness (QED) is 0.252. The monoisotopic (exact) mass is 342 g/mol. The van der Waals surface area contributed by atoms with Crippen molar-refractivity contribution in [2.75, 3.05) is 26.4 Å². The number of phenolic OH excluding ortho intramolecular Hbond substituents is 1. The molecule has 0 spiro atoms. The summed E-state index contributed by atoms with van der Waals surface area (Å²) in [7, 11) is 0. The lowest BCUT2D eigenvalue weighted by Gasteiger charge is -2.28. The summed E-state index contributed by atoms with van der Waals surface area (Å²) in [5, 5.41) is 50.7. The molecule has 1 atom stereocenters. The number of aliphatic carboxylic acids is 1. The summed E-state index contributed by atoms with van der Waals surface area (Å²) in [6, 6.07) is 4.73. The molecule has 1 amide bonds. The van der Waals surface area contributed by atoms with Crippen molar-refractivity contribution in [3.8, 4) is 5.75 Å². The summed E-state index contributed by atoms with van der Waals surface area (Å²) in [5.74, 6) is -1.85. The number of aromatic hydroxyl groups is 1. The van der Waals surface area contributed by atoms with Crippen LogP contribution in [0, 0.1) is 0 Å². The molecule has 9 heteroatoms. The van der Waals surface area contributed by atoms with Crippen LogP contribution in [0.2, 0.25) is 0 Å². The number of aliphatic hydroxyl groups is 3. The average molecular weight is 342 g/mol. The summed E-state index contributed by atoms with van der Waals surface area (Å²) in [4.78, 5) is 23.1. The van der Waals surface area contributed by atoms with Gasteiger partial charge in [-0.1, -0.05) is 12.1 Å². The van der Waals surface area contributed by atoms with Gasteiger partial charge in [0.1, 0.15) is 11.8 Å². The number of benzene rings is 1. The highest BCUT2D eigenvalue weighted by atomic mass is 16.4. The second-order valence-corrected chi connectivity index (χ2v) is 5.44. The highest BCUT2D eigenvalue weighted by molar-refractivity contribution is 5.84. The van der Waals surface area contributed by atoms with Crippen LogP contribution in [0.25, 0.3) is 0 Å². The second kappa shape index (κ2) is 9.18. The zero-order chi connectivity index (χ0) is 18.2. The molecule has 1 aromatic carbocycles. The Bertz CT molecular complexity index is 535. The molecule has 0 aliphatic rings. The van der Waals surface area contributed by atoms with Crippen molar-refractivity contribution in [2.45, 2.75) is 18.0 Å². The van der Waals surface area contributed by atoms with Crippen molar-refractivity contribution in [3.05, 3.63) is 29.8 Å². The van der Waals surface area contributed by atoms with E-state index in [4.69, 9.17) is 15.3 Å². The normalized spacial score (nSPS) is 12.6. The SMILES string of the molecule is O=C(CNC(CO)(CO)CO)N[C@@H](Cc1ccc(O)cc1)C(=O)O. The van der Waals surface area contributed by atoms with E-state index in [1.165, 1.54) is 12.1 Å². The van der Waals surface area contributed by atoms with Gasteiger partial charge in [-0.25, -0.2) is 4.79 Å². The molecule has 0 fully saturated rings. The molecule has 0 aromatic heterocycles. The van der Waals surface area contributed by atoms with E-state index >= 15 is 0 Å². The molecule has 24 heavy (non-hydrogen) atoms. The molecule has 0 aliphatic heterocycles. The second-order valence-electron chi connectivity index (χ2n) is 5.44. The van der Waals surface area contributed by atoms with E-state index in [0.29, 0.717) is 5.56 Å². The van der Waals surface area contributed by atoms with Gasteiger partial charge in [-0.3, -0.25) is 10.1 Å². The number of hydrogen-bond acceptors (Lipinski definition) is 7. The maximum absolute atomic E-state index is 11.9. The maximum atomic E-state index is 11.9. The number of amides is 1. The Morgan fingerprint density at radius 1 is 1.04 bits per heavy atom. The molecule has 134 valence electrons. The van der Waals surface area contributed by atoms with Crippen molar-refractivity contribution < 1.29 is 35.1 Å². The Morgan fingerprint density at radius 3 is 2.04 bits per heavy atom. The largest absolute Gasteiger partial charge is 0.508 e. The molecule has 0 unspecified atom stereocenters. The summed E-state index contributed by atoms with van der Waals surface area (Å²) < 4.78 is 0. The van der Waals surface area contributed by atoms with E-state index in [9.17, 15) is 19.8 Å². The molecular weight excluding hydrogens is 320 g/mol. The summed E-state index contributed by atoms with van der Waals surface area (Å²) in [6.07, 6.45) is 0.0203. The zero-order valence-electron chi connectivity index (χ0n) is 13.0. The number of carboxylic acids is 1. The number of aliphatic hydroxyl groups excluding tert-OH is 3. The van der Waals surface area contributed by atoms with Crippen LogP contribution in [0.3, 0.4) is 0 Å². The summed E-state index contributed by atoms with van der Waals surface area (Å²) >= 11 is 0. The van der Waals surface area contributed by atoms with E-state index in [0.717, 1.165) is 0 Å². The summed E-state index contributed by atoms with van der Waals surface area (Å²) in [6.45, 7) is -2.17. The van der Waals surface area contributed by atoms with Crippen LogP contribution in [0.4, 0.5) is 0 Å². The van der Waals surface area contributed by atoms with Crippen molar-refractivity contribution in [1.29, 1.82) is 0 Å². The van der Waals surface area contributed by atoms with Crippen LogP contribution in [-0.4, -0.2) is 75.4 Å². The molecule has 1 rings (SSSR count). The van der Waals surface area contributed by atoms with Crippen LogP contribution in [-0.2, 0) is 16.0 Å². The number of carbonyl (C=O) groups is 2. The van der Waals surface area contributed by atoms with Crippen molar-refractivity contribution in [3.63, 3.8) is 0 Å². The van der Waals surface area contributed by atoms with E-state index in [1.807, 2.05) is 0 Å². The Morgan fingerprint density at radius 2 is 1.58 bits per heavy atom. The van der Waals surface area contributed by atoms with E-state index in [2.05, 4.69) is 10.6 Å². The van der Waals surface area contributed by atoms with E-state index in [-0.39, 0.29) is 18.7 Å². The molecule has 7 N–H and O–H groups in total. The first kappa shape index (κ1) is 19.8. The molecule has 0 aliphatic carbocycles. The molecule has 9 nitrogen and oxygen atoms in total. The topological polar surface area (TPSA) is 159 Å². The van der Waals surface area contributed by atoms with Crippen LogP contribution < -0.4 is 10.6 Å². The van der Waals surface area contributed by atoms with Crippen molar-refractivity contribution >= 4 is 11.9 Å². The van der Waals surface area contributed by atoms with Crippen LogP contribution in [0.5, 0.6) is 5.75 Å². The number of phenols is 1. The third-order valence-electron chi connectivity index (χ3n) is 3.54. The minimum Gasteiger partial charge on any atom is -0.508 e. The first-order valence-electron chi connectivity index (χ1n) is 7.23. The smallest absolute Gasteiger partial charge is 0.326 e. The fourth-order valence-corrected chi connectivity index (χ4v) is 1.90. The van der Waals surface area contributed by atoms with E-state index < -0.39 is 43.3 Å². The number of nitrogens with one attached hydrogen (secondary N) is 2. The minimum atomic E-state index is -1.42. The summed E-state index contributed by atoms with van der Waals surface area (Å²) in [5.41, 5.74) is -0.809. The van der Waals surface area contributed by atoms with Gasteiger partial charge in [0.25, 0.3) is 0 Å². The van der Waals surface area contributed by atoms with Gasteiger partial charge in [0.15, 0.2) is 0 Å². The highest BCUT2D eigenvalue weighted by Gasteiger charge is 2.29. The third kappa shape index (κ3) is 5.78. The van der Waals surface area contributed by atoms with Crippen molar-refractivity contribution in [2.24, 2.45) is 0 Å². The fraction of sp³-hybridized carbons (Fsp3) is 0.467. The lowest BCUT2D eigenvalue weighted by molar-refractivity contribution is -0.141. The van der Waals surface area contributed by atoms with Gasteiger partial charge in [0.2, 0.25) is 5.91 Å². The van der Waals surface area contributed by atoms with Crippen molar-refractivity contribution in [1.82, 2.24) is 10.6 Å². The molecule has 0 heterocycles. The van der Waals surface area contributed by atoms with Gasteiger partial charge >= 0.3 is 5.97 Å². The lowest BCUT2D eigenvalue weighted by atomic mass is 10.0. The Labute approximate surface area is 138 Å². The molecule has 0 saturated heterocycles. The van der Waals surface area contributed by atoms with Gasteiger partial charge in [-0.05, 0) is 17.7 Å². The van der Waals surface area contributed by atoms with Gasteiger partial charge in [0.05, 0.1) is 31.9 Å². The molecule has 0 bridgehead atoms. The van der Waals surface area contributed by atoms with Crippen LogP contribution in [0.15, 0.2) is 24.3 Å². The Kier molecular flexibility index (Phi) is 7.59. The van der Waals surface area contributed by atoms with Crippen LogP contribution in [0.1, 0.15) is 5.56 Å². The number of carboxylic acid groups (broad SMARTS) is 1. The van der Waals surface area contributed by atoms with Gasteiger partial charge < -0.3 is 30.8 Å². The average Bonchev–Trinajstić information content (AvgIpc) is 2.58. The first-order valence-corrected chi connectivity index (χ1v) is 7.23. The predicted octanol–water partition coefficient (Wildman–Crippen LogP) is -2.19. The van der Waals surface area contributed by atoms with Gasteiger partial charge in [-0.15, -0.1) is 0 Å². The predicted molar refractivity (Wildman–Crippen MR) is 83.4 cm³/mol. The number of carbonyl (C=O) groups excluding carboxylic acids is 1. The fourth-order valence-electron chi connectivity index (χ4n) is 1.90. The minimum absolute atomic E-state index is 0.0203. The molecule has 0 saturated carbocycles. The first-order chi connectivity index (χ1) is 11.4. The van der Waals surface area contributed by atoms with Gasteiger partial charge in [0, 0.05) is 6.42 Å². The molecular formula is C15H22N2O7. The number of hydrogen-bond donors (Lipinski definition) is 7.